The number of alkyl halides is 6. The zero-order chi connectivity index (χ0) is 15.4. The molecule has 1 aromatic rings. The predicted molar refractivity (Wildman–Crippen MR) is 60.1 cm³/mol. The third-order valence-electron chi connectivity index (χ3n) is 2.32. The molecule has 0 aliphatic rings. The van der Waals surface area contributed by atoms with Gasteiger partial charge in [0.25, 0.3) is 0 Å². The molecule has 0 aliphatic carbocycles. The topological polar surface area (TPSA) is 21.3 Å². The van der Waals surface area contributed by atoms with Gasteiger partial charge >= 0.3 is 12.5 Å². The molecule has 0 fully saturated rings. The highest BCUT2D eigenvalue weighted by Crippen LogP contribution is 2.24. The number of nitrogens with one attached hydrogen (secondary N) is 1. The Balaban J connectivity index is 2.54. The number of hydrogen-bond acceptors (Lipinski definition) is 2. The molecule has 0 amide bonds. The van der Waals surface area contributed by atoms with Gasteiger partial charge < -0.3 is 10.1 Å². The first-order chi connectivity index (χ1) is 9.05. The van der Waals surface area contributed by atoms with Gasteiger partial charge in [-0.15, -0.1) is 13.2 Å². The van der Waals surface area contributed by atoms with Crippen LogP contribution in [-0.2, 0) is 6.54 Å². The first-order valence-corrected chi connectivity index (χ1v) is 5.70. The van der Waals surface area contributed by atoms with E-state index in [4.69, 9.17) is 0 Å². The van der Waals surface area contributed by atoms with Gasteiger partial charge in [-0.25, -0.2) is 0 Å². The fourth-order valence-corrected chi connectivity index (χ4v) is 1.56. The van der Waals surface area contributed by atoms with Crippen molar-refractivity contribution in [2.24, 2.45) is 0 Å². The second-order valence-corrected chi connectivity index (χ2v) is 4.30. The minimum absolute atomic E-state index is 0.0201. The summed E-state index contributed by atoms with van der Waals surface area (Å²) < 4.78 is 76.0. The predicted octanol–water partition coefficient (Wildman–Crippen LogP) is 4.02. The zero-order valence-electron chi connectivity index (χ0n) is 10.5. The van der Waals surface area contributed by atoms with Gasteiger partial charge in [0.15, 0.2) is 0 Å². The summed E-state index contributed by atoms with van der Waals surface area (Å²) >= 11 is 0. The molecule has 1 unspecified atom stereocenters. The van der Waals surface area contributed by atoms with E-state index in [0.717, 1.165) is 12.1 Å². The lowest BCUT2D eigenvalue weighted by Crippen LogP contribution is -2.30. The average Bonchev–Trinajstić information content (AvgIpc) is 2.22. The molecule has 0 aliphatic heterocycles. The van der Waals surface area contributed by atoms with E-state index in [1.54, 1.807) is 0 Å². The van der Waals surface area contributed by atoms with E-state index in [-0.39, 0.29) is 6.54 Å². The van der Waals surface area contributed by atoms with Crippen molar-refractivity contribution in [3.05, 3.63) is 29.8 Å². The van der Waals surface area contributed by atoms with Gasteiger partial charge in [0.05, 0.1) is 6.42 Å². The average molecular weight is 301 g/mol. The Labute approximate surface area is 111 Å². The zero-order valence-corrected chi connectivity index (χ0v) is 10.5. The molecule has 20 heavy (non-hydrogen) atoms. The van der Waals surface area contributed by atoms with Crippen molar-refractivity contribution >= 4 is 0 Å². The fraction of sp³-hybridized carbons (Fsp3) is 0.500. The molecule has 0 heterocycles. The summed E-state index contributed by atoms with van der Waals surface area (Å²) in [5.74, 6) is -0.403. The standard InChI is InChI=1S/C12H13F6NO/c1-8(6-11(13,14)15)19-7-9-3-2-4-10(5-9)20-12(16,17)18/h2-5,8,19H,6-7H2,1H3. The summed E-state index contributed by atoms with van der Waals surface area (Å²) in [5, 5.41) is 2.59. The molecule has 1 atom stereocenters. The van der Waals surface area contributed by atoms with Crippen LogP contribution in [0.2, 0.25) is 0 Å². The fourth-order valence-electron chi connectivity index (χ4n) is 1.56. The molecule has 2 nitrogen and oxygen atoms in total. The number of hydrogen-bond donors (Lipinski definition) is 1. The molecule has 114 valence electrons. The second-order valence-electron chi connectivity index (χ2n) is 4.30. The van der Waals surface area contributed by atoms with E-state index in [1.165, 1.54) is 19.1 Å². The van der Waals surface area contributed by atoms with Crippen LogP contribution in [0.5, 0.6) is 5.75 Å². The highest BCUT2D eigenvalue weighted by molar-refractivity contribution is 5.28. The van der Waals surface area contributed by atoms with Gasteiger partial charge in [0.1, 0.15) is 5.75 Å². The van der Waals surface area contributed by atoms with Crippen LogP contribution in [0.25, 0.3) is 0 Å². The Morgan fingerprint density at radius 1 is 1.15 bits per heavy atom. The number of ether oxygens (including phenoxy) is 1. The molecule has 1 aromatic carbocycles. The van der Waals surface area contributed by atoms with Crippen molar-refractivity contribution < 1.29 is 31.1 Å². The van der Waals surface area contributed by atoms with E-state index in [1.807, 2.05) is 0 Å². The van der Waals surface area contributed by atoms with Crippen molar-refractivity contribution in [2.45, 2.75) is 38.5 Å². The summed E-state index contributed by atoms with van der Waals surface area (Å²) in [6, 6.07) is 4.25. The first-order valence-electron chi connectivity index (χ1n) is 5.70. The summed E-state index contributed by atoms with van der Waals surface area (Å²) in [6.45, 7) is 1.37. The van der Waals surface area contributed by atoms with Gasteiger partial charge in [0.2, 0.25) is 0 Å². The molecule has 0 saturated carbocycles. The summed E-state index contributed by atoms with van der Waals surface area (Å²) in [6.07, 6.45) is -10.1. The number of halogens is 6. The lowest BCUT2D eigenvalue weighted by Gasteiger charge is -2.16. The Kier molecular flexibility index (Phi) is 5.27. The van der Waals surface area contributed by atoms with Crippen LogP contribution in [0, 0.1) is 0 Å². The van der Waals surface area contributed by atoms with Crippen molar-refractivity contribution in [1.29, 1.82) is 0 Å². The van der Waals surface area contributed by atoms with Gasteiger partial charge in [-0.05, 0) is 24.6 Å². The Hall–Kier alpha value is -1.44. The molecule has 0 saturated heterocycles. The molecule has 0 radical (unpaired) electrons. The molecular formula is C12H13F6NO. The minimum atomic E-state index is -4.80. The van der Waals surface area contributed by atoms with Gasteiger partial charge in [-0.1, -0.05) is 12.1 Å². The van der Waals surface area contributed by atoms with Crippen LogP contribution in [0.4, 0.5) is 26.3 Å². The largest absolute Gasteiger partial charge is 0.573 e. The Morgan fingerprint density at radius 2 is 1.80 bits per heavy atom. The summed E-state index contributed by atoms with van der Waals surface area (Å²) in [7, 11) is 0. The molecule has 0 spiro atoms. The van der Waals surface area contributed by atoms with E-state index in [9.17, 15) is 26.3 Å². The SMILES string of the molecule is CC(CC(F)(F)F)NCc1cccc(OC(F)(F)F)c1. The van der Waals surface area contributed by atoms with Crippen LogP contribution < -0.4 is 10.1 Å². The maximum Gasteiger partial charge on any atom is 0.573 e. The molecule has 8 heteroatoms. The third-order valence-corrected chi connectivity index (χ3v) is 2.32. The van der Waals surface area contributed by atoms with Crippen molar-refractivity contribution in [3.8, 4) is 5.75 Å². The first kappa shape index (κ1) is 16.6. The second kappa shape index (κ2) is 6.34. The molecular weight excluding hydrogens is 288 g/mol. The van der Waals surface area contributed by atoms with Crippen molar-refractivity contribution in [1.82, 2.24) is 5.32 Å². The number of benzene rings is 1. The molecule has 0 bridgehead atoms. The molecule has 1 N–H and O–H groups in total. The normalized spacial score (nSPS) is 14.2. The summed E-state index contributed by atoms with van der Waals surface area (Å²) in [5.41, 5.74) is 0.403. The monoisotopic (exact) mass is 301 g/mol. The van der Waals surface area contributed by atoms with E-state index in [0.29, 0.717) is 5.56 Å². The molecule has 0 aromatic heterocycles. The van der Waals surface area contributed by atoms with Crippen molar-refractivity contribution in [3.63, 3.8) is 0 Å². The van der Waals surface area contributed by atoms with Crippen LogP contribution in [0.3, 0.4) is 0 Å². The van der Waals surface area contributed by atoms with E-state index >= 15 is 0 Å². The summed E-state index contributed by atoms with van der Waals surface area (Å²) in [4.78, 5) is 0. The van der Waals surface area contributed by atoms with Gasteiger partial charge in [0, 0.05) is 12.6 Å². The van der Waals surface area contributed by atoms with E-state index in [2.05, 4.69) is 10.1 Å². The maximum atomic E-state index is 12.1. The highest BCUT2D eigenvalue weighted by Gasteiger charge is 2.31. The number of rotatable bonds is 5. The highest BCUT2D eigenvalue weighted by atomic mass is 19.4. The minimum Gasteiger partial charge on any atom is -0.406 e. The van der Waals surface area contributed by atoms with Crippen LogP contribution in [0.15, 0.2) is 24.3 Å². The maximum absolute atomic E-state index is 12.1. The Bertz CT molecular complexity index is 429. The van der Waals surface area contributed by atoms with Crippen LogP contribution in [-0.4, -0.2) is 18.6 Å². The van der Waals surface area contributed by atoms with Gasteiger partial charge in [-0.2, -0.15) is 13.2 Å². The lowest BCUT2D eigenvalue weighted by molar-refractivity contribution is -0.274. The van der Waals surface area contributed by atoms with Crippen LogP contribution in [0.1, 0.15) is 18.9 Å². The van der Waals surface area contributed by atoms with E-state index < -0.39 is 30.8 Å². The van der Waals surface area contributed by atoms with Crippen LogP contribution >= 0.6 is 0 Å². The third kappa shape index (κ3) is 7.22. The smallest absolute Gasteiger partial charge is 0.406 e. The Morgan fingerprint density at radius 3 is 2.35 bits per heavy atom. The molecule has 1 rings (SSSR count). The quantitative estimate of drug-likeness (QED) is 0.830. The lowest BCUT2D eigenvalue weighted by atomic mass is 10.2. The van der Waals surface area contributed by atoms with Gasteiger partial charge in [-0.3, -0.25) is 0 Å². The van der Waals surface area contributed by atoms with Crippen molar-refractivity contribution in [2.75, 3.05) is 0 Å².